The second-order valence-electron chi connectivity index (χ2n) is 8.36. The van der Waals surface area contributed by atoms with Crippen molar-refractivity contribution in [2.75, 3.05) is 32.8 Å². The molecule has 4 aromatic rings. The molecule has 1 amide bonds. The van der Waals surface area contributed by atoms with E-state index in [0.29, 0.717) is 53.0 Å². The van der Waals surface area contributed by atoms with Gasteiger partial charge in [0.15, 0.2) is 17.3 Å². The van der Waals surface area contributed by atoms with Crippen molar-refractivity contribution >= 4 is 28.3 Å². The summed E-state index contributed by atoms with van der Waals surface area (Å²) in [6.07, 6.45) is 1.42. The van der Waals surface area contributed by atoms with Crippen LogP contribution in [0.3, 0.4) is 0 Å². The summed E-state index contributed by atoms with van der Waals surface area (Å²) >= 11 is 0. The van der Waals surface area contributed by atoms with E-state index in [2.05, 4.69) is 5.32 Å². The third-order valence-corrected chi connectivity index (χ3v) is 5.97. The highest BCUT2D eigenvalue weighted by Gasteiger charge is 2.22. The van der Waals surface area contributed by atoms with Gasteiger partial charge in [0, 0.05) is 41.7 Å². The van der Waals surface area contributed by atoms with Crippen LogP contribution in [0.25, 0.3) is 10.9 Å². The third kappa shape index (κ3) is 4.84. The molecule has 0 fully saturated rings. The van der Waals surface area contributed by atoms with Gasteiger partial charge in [-0.1, -0.05) is 30.3 Å². The van der Waals surface area contributed by atoms with E-state index in [1.165, 1.54) is 20.4 Å². The normalized spacial score (nSPS) is 12.2. The van der Waals surface area contributed by atoms with Crippen molar-refractivity contribution in [2.45, 2.75) is 6.54 Å². The van der Waals surface area contributed by atoms with Crippen molar-refractivity contribution < 1.29 is 28.5 Å². The van der Waals surface area contributed by atoms with Gasteiger partial charge in [-0.15, -0.1) is 0 Å². The van der Waals surface area contributed by atoms with Crippen LogP contribution in [0.1, 0.15) is 15.9 Å². The van der Waals surface area contributed by atoms with Crippen molar-refractivity contribution in [1.29, 1.82) is 0 Å². The topological polar surface area (TPSA) is 105 Å². The van der Waals surface area contributed by atoms with Gasteiger partial charge in [0.1, 0.15) is 31.3 Å². The average Bonchev–Trinajstić information content (AvgIpc) is 2.93. The lowest BCUT2D eigenvalue weighted by molar-refractivity contribution is -0.116. The Morgan fingerprint density at radius 2 is 1.57 bits per heavy atom. The lowest BCUT2D eigenvalue weighted by atomic mass is 10.0. The van der Waals surface area contributed by atoms with E-state index in [1.54, 1.807) is 65.2 Å². The number of carbonyl (C=O) groups is 2. The number of carbonyl (C=O) groups excluding carboxylic acids is 2. The lowest BCUT2D eigenvalue weighted by Crippen LogP contribution is -2.25. The van der Waals surface area contributed by atoms with Crippen LogP contribution in [0.4, 0.5) is 5.69 Å². The number of aromatic nitrogens is 1. The minimum absolute atomic E-state index is 0.0498. The van der Waals surface area contributed by atoms with Crippen LogP contribution in [0.15, 0.2) is 71.7 Å². The molecule has 0 unspecified atom stereocenters. The van der Waals surface area contributed by atoms with Crippen LogP contribution in [0.5, 0.6) is 23.0 Å². The van der Waals surface area contributed by atoms with Crippen molar-refractivity contribution in [3.63, 3.8) is 0 Å². The highest BCUT2D eigenvalue weighted by atomic mass is 16.6. The van der Waals surface area contributed by atoms with Crippen LogP contribution in [-0.2, 0) is 11.3 Å². The van der Waals surface area contributed by atoms with E-state index < -0.39 is 11.2 Å². The van der Waals surface area contributed by atoms with Crippen LogP contribution in [0.2, 0.25) is 0 Å². The first-order valence-corrected chi connectivity index (χ1v) is 11.6. The minimum Gasteiger partial charge on any atom is -0.497 e. The predicted octanol–water partition coefficient (Wildman–Crippen LogP) is 3.66. The number of nitrogens with zero attached hydrogens (tertiary/aromatic N) is 1. The first-order chi connectivity index (χ1) is 18.0. The summed E-state index contributed by atoms with van der Waals surface area (Å²) in [4.78, 5) is 39.8. The molecule has 0 saturated carbocycles. The van der Waals surface area contributed by atoms with Crippen molar-refractivity contribution in [2.24, 2.45) is 0 Å². The zero-order valence-electron chi connectivity index (χ0n) is 20.3. The second-order valence-corrected chi connectivity index (χ2v) is 8.36. The number of rotatable bonds is 7. The molecule has 0 spiro atoms. The number of benzene rings is 3. The SMILES string of the molecule is COc1cc(NC(=O)Cn2cc(C(=O)c3ccccc3)c(=O)c3cc4c(cc32)OCCO4)cc(OC)c1. The van der Waals surface area contributed by atoms with Gasteiger partial charge in [-0.25, -0.2) is 0 Å². The summed E-state index contributed by atoms with van der Waals surface area (Å²) in [6, 6.07) is 16.8. The molecule has 0 aliphatic carbocycles. The summed E-state index contributed by atoms with van der Waals surface area (Å²) < 4.78 is 23.5. The first kappa shape index (κ1) is 23.9. The molecule has 9 nitrogen and oxygen atoms in total. The van der Waals surface area contributed by atoms with E-state index in [-0.39, 0.29) is 23.4 Å². The molecule has 188 valence electrons. The summed E-state index contributed by atoms with van der Waals surface area (Å²) in [5, 5.41) is 3.07. The number of hydrogen-bond acceptors (Lipinski definition) is 7. The van der Waals surface area contributed by atoms with E-state index in [0.717, 1.165) is 0 Å². The Kier molecular flexibility index (Phi) is 6.51. The van der Waals surface area contributed by atoms with Crippen LogP contribution < -0.4 is 29.7 Å². The molecule has 1 N–H and O–H groups in total. The number of nitrogens with one attached hydrogen (secondary N) is 1. The zero-order chi connectivity index (χ0) is 25.9. The van der Waals surface area contributed by atoms with E-state index in [1.807, 2.05) is 0 Å². The van der Waals surface area contributed by atoms with Crippen LogP contribution in [-0.4, -0.2) is 43.7 Å². The molecule has 1 aliphatic rings. The summed E-state index contributed by atoms with van der Waals surface area (Å²) in [5.74, 6) is 1.10. The molecule has 0 radical (unpaired) electrons. The van der Waals surface area contributed by atoms with Crippen LogP contribution in [0, 0.1) is 0 Å². The maximum atomic E-state index is 13.4. The fourth-order valence-electron chi connectivity index (χ4n) is 4.20. The fraction of sp³-hybridized carbons (Fsp3) is 0.179. The maximum Gasteiger partial charge on any atom is 0.244 e. The van der Waals surface area contributed by atoms with Crippen LogP contribution >= 0.6 is 0 Å². The lowest BCUT2D eigenvalue weighted by Gasteiger charge is -2.20. The molecular weight excluding hydrogens is 476 g/mol. The number of anilines is 1. The maximum absolute atomic E-state index is 13.4. The Balaban J connectivity index is 1.57. The monoisotopic (exact) mass is 500 g/mol. The van der Waals surface area contributed by atoms with E-state index in [4.69, 9.17) is 18.9 Å². The van der Waals surface area contributed by atoms with Gasteiger partial charge in [-0.3, -0.25) is 14.4 Å². The Labute approximate surface area is 212 Å². The number of ketones is 1. The molecule has 9 heteroatoms. The summed E-state index contributed by atoms with van der Waals surface area (Å²) in [6.45, 7) is 0.540. The summed E-state index contributed by atoms with van der Waals surface area (Å²) in [5.41, 5.74) is 0.788. The fourth-order valence-corrected chi connectivity index (χ4v) is 4.20. The molecule has 37 heavy (non-hydrogen) atoms. The third-order valence-electron chi connectivity index (χ3n) is 5.97. The number of methoxy groups -OCH3 is 2. The molecule has 2 heterocycles. The summed E-state index contributed by atoms with van der Waals surface area (Å²) in [7, 11) is 3.04. The van der Waals surface area contributed by atoms with E-state index >= 15 is 0 Å². The number of pyridine rings is 1. The number of hydrogen-bond donors (Lipinski definition) is 1. The molecule has 0 saturated heterocycles. The molecule has 1 aromatic heterocycles. The van der Waals surface area contributed by atoms with Crippen molar-refractivity contribution in [3.8, 4) is 23.0 Å². The second kappa shape index (κ2) is 10.1. The van der Waals surface area contributed by atoms with Gasteiger partial charge in [-0.05, 0) is 6.07 Å². The molecule has 1 aliphatic heterocycles. The van der Waals surface area contributed by atoms with Crippen molar-refractivity contribution in [1.82, 2.24) is 4.57 Å². The molecule has 0 bridgehead atoms. The van der Waals surface area contributed by atoms with Crippen molar-refractivity contribution in [3.05, 3.63) is 88.2 Å². The quantitative estimate of drug-likeness (QED) is 0.386. The zero-order valence-corrected chi connectivity index (χ0v) is 20.3. The molecular formula is C28H24N2O7. The number of amides is 1. The Morgan fingerprint density at radius 3 is 2.22 bits per heavy atom. The van der Waals surface area contributed by atoms with Gasteiger partial charge in [-0.2, -0.15) is 0 Å². The minimum atomic E-state index is -0.449. The number of fused-ring (bicyclic) bond motifs is 2. The Morgan fingerprint density at radius 1 is 0.919 bits per heavy atom. The van der Waals surface area contributed by atoms with Gasteiger partial charge < -0.3 is 28.8 Å². The van der Waals surface area contributed by atoms with Gasteiger partial charge in [0.2, 0.25) is 11.3 Å². The van der Waals surface area contributed by atoms with Gasteiger partial charge in [0.05, 0.1) is 30.7 Å². The first-order valence-electron chi connectivity index (χ1n) is 11.6. The Bertz CT molecular complexity index is 1540. The van der Waals surface area contributed by atoms with Gasteiger partial charge in [0.25, 0.3) is 0 Å². The molecule has 0 atom stereocenters. The predicted molar refractivity (Wildman–Crippen MR) is 137 cm³/mol. The standard InChI is InChI=1S/C28H24N2O7/c1-34-19-10-18(11-20(12-19)35-2)29-26(31)16-30-15-22(27(32)17-6-4-3-5-7-17)28(33)21-13-24-25(14-23(21)30)37-9-8-36-24/h3-7,10-15H,8-9,16H2,1-2H3,(H,29,31). The average molecular weight is 501 g/mol. The highest BCUT2D eigenvalue weighted by Crippen LogP contribution is 2.34. The number of ether oxygens (including phenoxy) is 4. The Hall–Kier alpha value is -4.79. The van der Waals surface area contributed by atoms with Gasteiger partial charge >= 0.3 is 0 Å². The largest absolute Gasteiger partial charge is 0.497 e. The molecule has 3 aromatic carbocycles. The van der Waals surface area contributed by atoms with E-state index in [9.17, 15) is 14.4 Å². The highest BCUT2D eigenvalue weighted by molar-refractivity contribution is 6.10. The smallest absolute Gasteiger partial charge is 0.244 e. The molecule has 5 rings (SSSR count).